The van der Waals surface area contributed by atoms with Crippen LogP contribution in [0, 0.1) is 0 Å². The first kappa shape index (κ1) is 17.4. The standard InChI is InChI=1S/C19H17N3O4S/c23-19(21-15-5-1-13(2-6-15)18-11-20-12-26-18)14-3-9-17(10-4-14)27(24,25)22-16-7-8-16/h1-6,9-12,16,22H,7-8H2,(H,21,23). The predicted molar refractivity (Wildman–Crippen MR) is 99.7 cm³/mol. The molecule has 3 aromatic rings. The highest BCUT2D eigenvalue weighted by Crippen LogP contribution is 2.23. The van der Waals surface area contributed by atoms with Gasteiger partial charge in [-0.15, -0.1) is 0 Å². The number of amides is 1. The average Bonchev–Trinajstić information content (AvgIpc) is 3.30. The van der Waals surface area contributed by atoms with Crippen LogP contribution in [0.1, 0.15) is 23.2 Å². The Morgan fingerprint density at radius 1 is 1.04 bits per heavy atom. The van der Waals surface area contributed by atoms with Crippen molar-refractivity contribution in [2.45, 2.75) is 23.8 Å². The topological polar surface area (TPSA) is 101 Å². The number of benzene rings is 2. The molecule has 0 radical (unpaired) electrons. The summed E-state index contributed by atoms with van der Waals surface area (Å²) >= 11 is 0. The van der Waals surface area contributed by atoms with Gasteiger partial charge in [0.1, 0.15) is 0 Å². The van der Waals surface area contributed by atoms with Crippen LogP contribution in [-0.4, -0.2) is 25.4 Å². The Bertz CT molecular complexity index is 1040. The highest BCUT2D eigenvalue weighted by Gasteiger charge is 2.27. The zero-order valence-corrected chi connectivity index (χ0v) is 15.1. The fraction of sp³-hybridized carbons (Fsp3) is 0.158. The number of oxazole rings is 1. The lowest BCUT2D eigenvalue weighted by atomic mass is 10.1. The second-order valence-electron chi connectivity index (χ2n) is 6.32. The maximum absolute atomic E-state index is 12.4. The SMILES string of the molecule is O=C(Nc1ccc(-c2cnco2)cc1)c1ccc(S(=O)(=O)NC2CC2)cc1. The van der Waals surface area contributed by atoms with Gasteiger partial charge in [-0.05, 0) is 61.4 Å². The summed E-state index contributed by atoms with van der Waals surface area (Å²) in [5.74, 6) is 0.325. The summed E-state index contributed by atoms with van der Waals surface area (Å²) in [5, 5.41) is 2.78. The minimum atomic E-state index is -3.52. The molecule has 2 N–H and O–H groups in total. The maximum Gasteiger partial charge on any atom is 0.255 e. The van der Waals surface area contributed by atoms with Crippen LogP contribution in [0.15, 0.2) is 70.4 Å². The lowest BCUT2D eigenvalue weighted by Crippen LogP contribution is -2.25. The van der Waals surface area contributed by atoms with Gasteiger partial charge in [0, 0.05) is 22.9 Å². The number of nitrogens with zero attached hydrogens (tertiary/aromatic N) is 1. The molecule has 0 spiro atoms. The van der Waals surface area contributed by atoms with Crippen LogP contribution >= 0.6 is 0 Å². The molecule has 2 aromatic carbocycles. The van der Waals surface area contributed by atoms with E-state index in [4.69, 9.17) is 4.42 Å². The molecule has 4 rings (SSSR count). The molecule has 1 fully saturated rings. The van der Waals surface area contributed by atoms with Gasteiger partial charge >= 0.3 is 0 Å². The Kier molecular flexibility index (Phi) is 4.51. The Hall–Kier alpha value is -2.97. The molecule has 138 valence electrons. The Morgan fingerprint density at radius 2 is 1.74 bits per heavy atom. The van der Waals surface area contributed by atoms with Crippen molar-refractivity contribution in [1.82, 2.24) is 9.71 Å². The predicted octanol–water partition coefficient (Wildman–Crippen LogP) is 3.03. The molecule has 1 saturated carbocycles. The van der Waals surface area contributed by atoms with Crippen LogP contribution in [0.4, 0.5) is 5.69 Å². The van der Waals surface area contributed by atoms with Crippen molar-refractivity contribution in [1.29, 1.82) is 0 Å². The van der Waals surface area contributed by atoms with Crippen molar-refractivity contribution in [2.24, 2.45) is 0 Å². The second kappa shape index (κ2) is 6.98. The van der Waals surface area contributed by atoms with Crippen molar-refractivity contribution < 1.29 is 17.6 Å². The van der Waals surface area contributed by atoms with E-state index in [2.05, 4.69) is 15.0 Å². The number of sulfonamides is 1. The number of hydrogen-bond acceptors (Lipinski definition) is 5. The molecule has 27 heavy (non-hydrogen) atoms. The first-order valence-corrected chi connectivity index (χ1v) is 9.92. The number of carbonyl (C=O) groups is 1. The minimum absolute atomic E-state index is 0.0397. The third kappa shape index (κ3) is 4.07. The smallest absolute Gasteiger partial charge is 0.255 e. The Labute approximate surface area is 156 Å². The summed E-state index contributed by atoms with van der Waals surface area (Å²) in [5.41, 5.74) is 1.85. The van der Waals surface area contributed by atoms with Gasteiger partial charge in [0.2, 0.25) is 10.0 Å². The van der Waals surface area contributed by atoms with Gasteiger partial charge in [0.15, 0.2) is 12.2 Å². The van der Waals surface area contributed by atoms with E-state index in [-0.39, 0.29) is 16.8 Å². The summed E-state index contributed by atoms with van der Waals surface area (Å²) in [7, 11) is -3.52. The number of carbonyl (C=O) groups excluding carboxylic acids is 1. The molecule has 0 aliphatic heterocycles. The number of nitrogens with one attached hydrogen (secondary N) is 2. The zero-order valence-electron chi connectivity index (χ0n) is 14.3. The monoisotopic (exact) mass is 383 g/mol. The van der Waals surface area contributed by atoms with Gasteiger partial charge in [-0.2, -0.15) is 0 Å². The molecule has 1 aliphatic carbocycles. The third-order valence-electron chi connectivity index (χ3n) is 4.19. The number of rotatable bonds is 6. The molecule has 1 aliphatic rings. The molecule has 1 heterocycles. The second-order valence-corrected chi connectivity index (χ2v) is 8.03. The largest absolute Gasteiger partial charge is 0.444 e. The van der Waals surface area contributed by atoms with Crippen LogP contribution < -0.4 is 10.0 Å². The van der Waals surface area contributed by atoms with Gasteiger partial charge < -0.3 is 9.73 Å². The van der Waals surface area contributed by atoms with Crippen LogP contribution in [0.3, 0.4) is 0 Å². The Morgan fingerprint density at radius 3 is 2.33 bits per heavy atom. The number of anilines is 1. The van der Waals surface area contributed by atoms with Crippen molar-refractivity contribution in [3.8, 4) is 11.3 Å². The zero-order chi connectivity index (χ0) is 18.9. The van der Waals surface area contributed by atoms with E-state index >= 15 is 0 Å². The van der Waals surface area contributed by atoms with E-state index in [1.54, 1.807) is 18.3 Å². The van der Waals surface area contributed by atoms with Crippen molar-refractivity contribution in [3.05, 3.63) is 66.7 Å². The first-order chi connectivity index (χ1) is 13.0. The normalized spacial score (nSPS) is 14.1. The van der Waals surface area contributed by atoms with Crippen molar-refractivity contribution in [2.75, 3.05) is 5.32 Å². The van der Waals surface area contributed by atoms with Crippen LogP contribution in [0.2, 0.25) is 0 Å². The van der Waals surface area contributed by atoms with Crippen LogP contribution in [0.5, 0.6) is 0 Å². The Balaban J connectivity index is 1.43. The van der Waals surface area contributed by atoms with E-state index in [0.717, 1.165) is 18.4 Å². The van der Waals surface area contributed by atoms with Gasteiger partial charge in [0.25, 0.3) is 5.91 Å². The summed E-state index contributed by atoms with van der Waals surface area (Å²) in [6.07, 6.45) is 4.71. The van der Waals surface area contributed by atoms with Gasteiger partial charge in [-0.25, -0.2) is 18.1 Å². The highest BCUT2D eigenvalue weighted by molar-refractivity contribution is 7.89. The van der Waals surface area contributed by atoms with E-state index in [0.29, 0.717) is 17.0 Å². The van der Waals surface area contributed by atoms with Gasteiger partial charge in [-0.1, -0.05) is 0 Å². The average molecular weight is 383 g/mol. The summed E-state index contributed by atoms with van der Waals surface area (Å²) in [6.45, 7) is 0. The molecule has 1 aromatic heterocycles. The molecular weight excluding hydrogens is 366 g/mol. The first-order valence-electron chi connectivity index (χ1n) is 8.44. The van der Waals surface area contributed by atoms with E-state index in [1.165, 1.54) is 30.7 Å². The molecule has 0 bridgehead atoms. The van der Waals surface area contributed by atoms with E-state index in [9.17, 15) is 13.2 Å². The highest BCUT2D eigenvalue weighted by atomic mass is 32.2. The molecule has 7 nitrogen and oxygen atoms in total. The lowest BCUT2D eigenvalue weighted by Gasteiger charge is -2.08. The minimum Gasteiger partial charge on any atom is -0.444 e. The lowest BCUT2D eigenvalue weighted by molar-refractivity contribution is 0.102. The molecule has 0 saturated heterocycles. The quantitative estimate of drug-likeness (QED) is 0.681. The fourth-order valence-corrected chi connectivity index (χ4v) is 3.86. The van der Waals surface area contributed by atoms with Crippen molar-refractivity contribution in [3.63, 3.8) is 0 Å². The van der Waals surface area contributed by atoms with E-state index in [1.807, 2.05) is 12.1 Å². The molecular formula is C19H17N3O4S. The van der Waals surface area contributed by atoms with E-state index < -0.39 is 10.0 Å². The van der Waals surface area contributed by atoms with Gasteiger partial charge in [-0.3, -0.25) is 4.79 Å². The maximum atomic E-state index is 12.4. The number of hydrogen-bond donors (Lipinski definition) is 2. The summed E-state index contributed by atoms with van der Waals surface area (Å²) in [6, 6.07) is 13.1. The van der Waals surface area contributed by atoms with Crippen LogP contribution in [0.25, 0.3) is 11.3 Å². The fourth-order valence-electron chi connectivity index (χ4n) is 2.55. The molecule has 0 unspecified atom stereocenters. The number of aromatic nitrogens is 1. The molecule has 8 heteroatoms. The summed E-state index contributed by atoms with van der Waals surface area (Å²) < 4.78 is 32.2. The molecule has 1 amide bonds. The molecule has 0 atom stereocenters. The van der Waals surface area contributed by atoms with Crippen molar-refractivity contribution >= 4 is 21.6 Å². The third-order valence-corrected chi connectivity index (χ3v) is 5.72. The van der Waals surface area contributed by atoms with Crippen LogP contribution in [-0.2, 0) is 10.0 Å². The van der Waals surface area contributed by atoms with Gasteiger partial charge in [0.05, 0.1) is 11.1 Å². The summed E-state index contributed by atoms with van der Waals surface area (Å²) in [4.78, 5) is 16.4.